The van der Waals surface area contributed by atoms with Gasteiger partial charge in [0.05, 0.1) is 4.90 Å². The zero-order valence-electron chi connectivity index (χ0n) is 15.0. The SMILES string of the molecule is NS(=O)(=O)c1ccc(NC(=O)/C(=C\c2ccc(O)c(O)c2)c2cccnc2)cc1. The number of carbonyl (C=O) groups is 1. The number of hydrogen-bond acceptors (Lipinski definition) is 6. The van der Waals surface area contributed by atoms with E-state index < -0.39 is 15.9 Å². The fourth-order valence-corrected chi connectivity index (χ4v) is 3.04. The Labute approximate surface area is 167 Å². The first-order valence-corrected chi connectivity index (χ1v) is 9.87. The number of rotatable bonds is 5. The fraction of sp³-hybridized carbons (Fsp3) is 0. The van der Waals surface area contributed by atoms with Gasteiger partial charge in [-0.15, -0.1) is 0 Å². The number of nitrogens with two attached hydrogens (primary N) is 1. The Morgan fingerprint density at radius 1 is 1.03 bits per heavy atom. The second kappa shape index (κ2) is 8.13. The van der Waals surface area contributed by atoms with Crippen molar-refractivity contribution in [2.75, 3.05) is 5.32 Å². The Balaban J connectivity index is 1.95. The molecule has 0 bridgehead atoms. The average molecular weight is 411 g/mol. The molecular formula is C20H17N3O5S. The third kappa shape index (κ3) is 4.98. The molecule has 148 valence electrons. The molecule has 0 atom stereocenters. The van der Waals surface area contributed by atoms with Gasteiger partial charge in [-0.05, 0) is 54.1 Å². The number of phenolic OH excluding ortho intramolecular Hbond substituents is 2. The molecule has 3 aromatic rings. The number of aromatic nitrogens is 1. The number of amides is 1. The quantitative estimate of drug-likeness (QED) is 0.375. The smallest absolute Gasteiger partial charge is 0.256 e. The maximum Gasteiger partial charge on any atom is 0.256 e. The Hall–Kier alpha value is -3.69. The monoisotopic (exact) mass is 411 g/mol. The molecule has 5 N–H and O–H groups in total. The minimum Gasteiger partial charge on any atom is -0.504 e. The summed E-state index contributed by atoms with van der Waals surface area (Å²) >= 11 is 0. The highest BCUT2D eigenvalue weighted by Gasteiger charge is 2.14. The van der Waals surface area contributed by atoms with Crippen molar-refractivity contribution in [1.29, 1.82) is 0 Å². The van der Waals surface area contributed by atoms with Crippen molar-refractivity contribution < 1.29 is 23.4 Å². The minimum absolute atomic E-state index is 0.0712. The summed E-state index contributed by atoms with van der Waals surface area (Å²) in [5, 5.41) is 26.9. The van der Waals surface area contributed by atoms with E-state index in [2.05, 4.69) is 10.3 Å². The molecule has 0 unspecified atom stereocenters. The maximum absolute atomic E-state index is 12.9. The molecule has 0 aliphatic rings. The molecule has 1 aromatic heterocycles. The van der Waals surface area contributed by atoms with Crippen LogP contribution in [0.2, 0.25) is 0 Å². The van der Waals surface area contributed by atoms with Crippen LogP contribution in [0.1, 0.15) is 11.1 Å². The van der Waals surface area contributed by atoms with Crippen LogP contribution >= 0.6 is 0 Å². The second-order valence-electron chi connectivity index (χ2n) is 6.07. The zero-order chi connectivity index (χ0) is 21.0. The Kier molecular flexibility index (Phi) is 5.62. The van der Waals surface area contributed by atoms with E-state index in [1.807, 2.05) is 0 Å². The van der Waals surface area contributed by atoms with E-state index in [1.54, 1.807) is 24.4 Å². The summed E-state index contributed by atoms with van der Waals surface area (Å²) in [6, 6.07) is 13.0. The van der Waals surface area contributed by atoms with Crippen LogP contribution < -0.4 is 10.5 Å². The van der Waals surface area contributed by atoms with E-state index in [9.17, 15) is 23.4 Å². The zero-order valence-corrected chi connectivity index (χ0v) is 15.8. The van der Waals surface area contributed by atoms with Gasteiger partial charge in [0.25, 0.3) is 5.91 Å². The number of hydrogen-bond donors (Lipinski definition) is 4. The molecule has 3 rings (SSSR count). The molecule has 8 nitrogen and oxygen atoms in total. The molecule has 0 aliphatic carbocycles. The number of sulfonamides is 1. The molecule has 0 fully saturated rings. The Morgan fingerprint density at radius 2 is 1.76 bits per heavy atom. The van der Waals surface area contributed by atoms with Crippen molar-refractivity contribution in [2.24, 2.45) is 5.14 Å². The molecule has 0 spiro atoms. The first kappa shape index (κ1) is 20.1. The van der Waals surface area contributed by atoms with E-state index >= 15 is 0 Å². The summed E-state index contributed by atoms with van der Waals surface area (Å²) in [6.45, 7) is 0. The largest absolute Gasteiger partial charge is 0.504 e. The van der Waals surface area contributed by atoms with E-state index in [4.69, 9.17) is 5.14 Å². The second-order valence-corrected chi connectivity index (χ2v) is 7.63. The molecule has 9 heteroatoms. The summed E-state index contributed by atoms with van der Waals surface area (Å²) in [7, 11) is -3.83. The lowest BCUT2D eigenvalue weighted by atomic mass is 10.0. The van der Waals surface area contributed by atoms with Gasteiger partial charge in [-0.2, -0.15) is 0 Å². The van der Waals surface area contributed by atoms with E-state index in [1.165, 1.54) is 48.7 Å². The van der Waals surface area contributed by atoms with Crippen molar-refractivity contribution in [3.05, 3.63) is 78.1 Å². The fourth-order valence-electron chi connectivity index (χ4n) is 2.53. The van der Waals surface area contributed by atoms with E-state index in [0.29, 0.717) is 16.8 Å². The highest BCUT2D eigenvalue weighted by Crippen LogP contribution is 2.28. The first-order chi connectivity index (χ1) is 13.7. The van der Waals surface area contributed by atoms with Crippen molar-refractivity contribution in [1.82, 2.24) is 4.98 Å². The molecule has 0 saturated carbocycles. The number of anilines is 1. The Bertz CT molecular complexity index is 1170. The van der Waals surface area contributed by atoms with Crippen LogP contribution in [-0.4, -0.2) is 29.5 Å². The normalized spacial score (nSPS) is 11.8. The van der Waals surface area contributed by atoms with Gasteiger partial charge in [0.1, 0.15) is 0 Å². The highest BCUT2D eigenvalue weighted by atomic mass is 32.2. The van der Waals surface area contributed by atoms with E-state index in [0.717, 1.165) is 0 Å². The van der Waals surface area contributed by atoms with Gasteiger partial charge in [0, 0.05) is 29.2 Å². The topological polar surface area (TPSA) is 143 Å². The van der Waals surface area contributed by atoms with Crippen LogP contribution in [0.5, 0.6) is 11.5 Å². The lowest BCUT2D eigenvalue weighted by Crippen LogP contribution is -2.15. The van der Waals surface area contributed by atoms with Crippen LogP contribution in [0.15, 0.2) is 71.9 Å². The maximum atomic E-state index is 12.9. The van der Waals surface area contributed by atoms with Gasteiger partial charge >= 0.3 is 0 Å². The molecular weight excluding hydrogens is 394 g/mol. The molecule has 1 heterocycles. The molecule has 0 saturated heterocycles. The van der Waals surface area contributed by atoms with Crippen LogP contribution in [0.3, 0.4) is 0 Å². The number of carbonyl (C=O) groups excluding carboxylic acids is 1. The molecule has 29 heavy (non-hydrogen) atoms. The number of phenols is 2. The minimum atomic E-state index is -3.83. The molecule has 0 radical (unpaired) electrons. The summed E-state index contributed by atoms with van der Waals surface area (Å²) in [6.07, 6.45) is 4.61. The summed E-state index contributed by atoms with van der Waals surface area (Å²) in [5.74, 6) is -1.07. The number of benzene rings is 2. The molecule has 1 amide bonds. The number of primary sulfonamides is 1. The van der Waals surface area contributed by atoms with Crippen LogP contribution in [0, 0.1) is 0 Å². The Morgan fingerprint density at radius 3 is 2.34 bits per heavy atom. The third-order valence-corrected chi connectivity index (χ3v) is 4.90. The van der Waals surface area contributed by atoms with Crippen molar-refractivity contribution >= 4 is 33.3 Å². The van der Waals surface area contributed by atoms with Gasteiger partial charge in [-0.3, -0.25) is 9.78 Å². The van der Waals surface area contributed by atoms with E-state index in [-0.39, 0.29) is 22.0 Å². The van der Waals surface area contributed by atoms with Gasteiger partial charge in [-0.1, -0.05) is 12.1 Å². The van der Waals surface area contributed by atoms with Crippen molar-refractivity contribution in [2.45, 2.75) is 4.90 Å². The van der Waals surface area contributed by atoms with Crippen molar-refractivity contribution in [3.8, 4) is 11.5 Å². The first-order valence-electron chi connectivity index (χ1n) is 8.32. The lowest BCUT2D eigenvalue weighted by molar-refractivity contribution is -0.111. The third-order valence-electron chi connectivity index (χ3n) is 3.97. The number of nitrogens with one attached hydrogen (secondary N) is 1. The highest BCUT2D eigenvalue weighted by molar-refractivity contribution is 7.89. The van der Waals surface area contributed by atoms with Gasteiger partial charge in [0.2, 0.25) is 10.0 Å². The van der Waals surface area contributed by atoms with Gasteiger partial charge < -0.3 is 15.5 Å². The predicted octanol–water partition coefficient (Wildman–Crippen LogP) is 2.32. The number of pyridine rings is 1. The van der Waals surface area contributed by atoms with Crippen LogP contribution in [0.25, 0.3) is 11.6 Å². The van der Waals surface area contributed by atoms with Gasteiger partial charge in [-0.25, -0.2) is 13.6 Å². The standard InChI is InChI=1S/C20H17N3O5S/c21-29(27,28)16-6-4-15(5-7-16)23-20(26)17(14-2-1-9-22-12-14)10-13-3-8-18(24)19(25)11-13/h1-12,24-25H,(H,23,26)(H2,21,27,28)/b17-10-. The van der Waals surface area contributed by atoms with Crippen molar-refractivity contribution in [3.63, 3.8) is 0 Å². The number of nitrogens with zero attached hydrogens (tertiary/aromatic N) is 1. The average Bonchev–Trinajstić information content (AvgIpc) is 2.69. The summed E-state index contributed by atoms with van der Waals surface area (Å²) in [5.41, 5.74) is 1.63. The number of aromatic hydroxyl groups is 2. The predicted molar refractivity (Wildman–Crippen MR) is 108 cm³/mol. The van der Waals surface area contributed by atoms with Crippen LogP contribution in [0.4, 0.5) is 5.69 Å². The lowest BCUT2D eigenvalue weighted by Gasteiger charge is -2.10. The van der Waals surface area contributed by atoms with Gasteiger partial charge in [0.15, 0.2) is 11.5 Å². The van der Waals surface area contributed by atoms with Crippen LogP contribution in [-0.2, 0) is 14.8 Å². The molecule has 2 aromatic carbocycles. The molecule has 0 aliphatic heterocycles. The summed E-state index contributed by atoms with van der Waals surface area (Å²) in [4.78, 5) is 16.8. The summed E-state index contributed by atoms with van der Waals surface area (Å²) < 4.78 is 22.7.